The molecule has 1 heterocycles. The highest BCUT2D eigenvalue weighted by Crippen LogP contribution is 2.23. The number of nitrogens with one attached hydrogen (secondary N) is 1. The van der Waals surface area contributed by atoms with Gasteiger partial charge in [0.15, 0.2) is 0 Å². The number of hydrogen-bond donors (Lipinski definition) is 2. The molecule has 1 aromatic heterocycles. The summed E-state index contributed by atoms with van der Waals surface area (Å²) in [5.74, 6) is -0.564. The third kappa shape index (κ3) is 6.32. The number of carbonyl (C=O) groups is 3. The van der Waals surface area contributed by atoms with Crippen molar-refractivity contribution >= 4 is 29.4 Å². The number of carbonyl (C=O) groups excluding carboxylic acids is 3. The van der Waals surface area contributed by atoms with Crippen LogP contribution in [0.3, 0.4) is 0 Å². The Morgan fingerprint density at radius 1 is 1.28 bits per heavy atom. The summed E-state index contributed by atoms with van der Waals surface area (Å²) in [5, 5.41) is 14.1. The number of rotatable bonds is 8. The van der Waals surface area contributed by atoms with Gasteiger partial charge in [-0.1, -0.05) is 18.2 Å². The summed E-state index contributed by atoms with van der Waals surface area (Å²) >= 11 is 0. The van der Waals surface area contributed by atoms with Crippen molar-refractivity contribution in [2.45, 2.75) is 58.3 Å². The molecule has 0 bridgehead atoms. The standard InChI is InChI=1S/C21H28N2O6/c1-5-28-19(26)11-18(25)16(22-20(27)29-21(2,3)4)10-14-12-23(13-24)17-9-7-6-8-15(14)17/h6-9,12-13,16,18,25H,5,10-11H2,1-4H3,(H,22,27)/t16-,18-/m1/s1. The number of para-hydroxylation sites is 1. The summed E-state index contributed by atoms with van der Waals surface area (Å²) < 4.78 is 11.6. The van der Waals surface area contributed by atoms with Crippen molar-refractivity contribution in [2.24, 2.45) is 0 Å². The van der Waals surface area contributed by atoms with Crippen LogP contribution in [0.2, 0.25) is 0 Å². The lowest BCUT2D eigenvalue weighted by atomic mass is 9.99. The second kappa shape index (κ2) is 9.56. The highest BCUT2D eigenvalue weighted by atomic mass is 16.6. The molecule has 29 heavy (non-hydrogen) atoms. The summed E-state index contributed by atoms with van der Waals surface area (Å²) in [6.45, 7) is 7.06. The minimum atomic E-state index is -1.19. The van der Waals surface area contributed by atoms with Crippen molar-refractivity contribution in [2.75, 3.05) is 6.61 Å². The molecule has 0 aliphatic heterocycles. The molecule has 1 amide bonds. The molecular weight excluding hydrogens is 376 g/mol. The molecule has 8 nitrogen and oxygen atoms in total. The number of nitrogens with zero attached hydrogens (tertiary/aromatic N) is 1. The maximum Gasteiger partial charge on any atom is 0.407 e. The predicted octanol–water partition coefficient (Wildman–Crippen LogP) is 2.43. The minimum Gasteiger partial charge on any atom is -0.466 e. The zero-order valence-corrected chi connectivity index (χ0v) is 17.2. The first-order valence-electron chi connectivity index (χ1n) is 9.51. The number of esters is 1. The zero-order chi connectivity index (χ0) is 21.6. The van der Waals surface area contributed by atoms with Crippen molar-refractivity contribution in [1.29, 1.82) is 0 Å². The molecule has 0 radical (unpaired) electrons. The Bertz CT molecular complexity index is 868. The van der Waals surface area contributed by atoms with E-state index in [1.807, 2.05) is 18.2 Å². The van der Waals surface area contributed by atoms with E-state index in [4.69, 9.17) is 9.47 Å². The minimum absolute atomic E-state index is 0.196. The molecule has 2 N–H and O–H groups in total. The van der Waals surface area contributed by atoms with Crippen molar-refractivity contribution in [3.8, 4) is 0 Å². The number of ether oxygens (including phenoxy) is 2. The maximum atomic E-state index is 12.3. The van der Waals surface area contributed by atoms with Crippen LogP contribution in [0.4, 0.5) is 4.79 Å². The van der Waals surface area contributed by atoms with E-state index in [2.05, 4.69) is 5.32 Å². The van der Waals surface area contributed by atoms with Gasteiger partial charge in [0.1, 0.15) is 5.60 Å². The Kier molecular flexibility index (Phi) is 7.39. The van der Waals surface area contributed by atoms with Crippen LogP contribution in [0.15, 0.2) is 30.5 Å². The van der Waals surface area contributed by atoms with E-state index in [1.54, 1.807) is 40.0 Å². The van der Waals surface area contributed by atoms with Gasteiger partial charge in [0.2, 0.25) is 6.41 Å². The van der Waals surface area contributed by atoms with Gasteiger partial charge < -0.3 is 19.9 Å². The highest BCUT2D eigenvalue weighted by molar-refractivity contribution is 5.88. The van der Waals surface area contributed by atoms with Gasteiger partial charge in [-0.05, 0) is 45.7 Å². The molecule has 2 aromatic rings. The molecule has 0 saturated carbocycles. The van der Waals surface area contributed by atoms with Crippen LogP contribution >= 0.6 is 0 Å². The van der Waals surface area contributed by atoms with E-state index in [0.29, 0.717) is 11.9 Å². The van der Waals surface area contributed by atoms with E-state index in [-0.39, 0.29) is 19.4 Å². The van der Waals surface area contributed by atoms with Crippen molar-refractivity contribution in [3.63, 3.8) is 0 Å². The molecule has 0 aliphatic carbocycles. The number of aromatic nitrogens is 1. The largest absolute Gasteiger partial charge is 0.466 e. The molecule has 0 spiro atoms. The molecule has 8 heteroatoms. The van der Waals surface area contributed by atoms with E-state index < -0.39 is 29.8 Å². The zero-order valence-electron chi connectivity index (χ0n) is 17.2. The average Bonchev–Trinajstić information content (AvgIpc) is 2.97. The molecular formula is C21H28N2O6. The molecule has 2 rings (SSSR count). The van der Waals surface area contributed by atoms with Crippen LogP contribution in [0, 0.1) is 0 Å². The van der Waals surface area contributed by atoms with Gasteiger partial charge in [-0.3, -0.25) is 14.2 Å². The van der Waals surface area contributed by atoms with Gasteiger partial charge in [-0.25, -0.2) is 4.79 Å². The summed E-state index contributed by atoms with van der Waals surface area (Å²) in [5.41, 5.74) is 0.749. The smallest absolute Gasteiger partial charge is 0.407 e. The van der Waals surface area contributed by atoms with Crippen molar-refractivity contribution < 1.29 is 29.0 Å². The summed E-state index contributed by atoms with van der Waals surface area (Å²) in [6.07, 6.45) is 0.363. The van der Waals surface area contributed by atoms with Gasteiger partial charge in [0, 0.05) is 11.6 Å². The average molecular weight is 404 g/mol. The normalized spacial score (nSPS) is 13.6. The first-order valence-corrected chi connectivity index (χ1v) is 9.51. The van der Waals surface area contributed by atoms with E-state index >= 15 is 0 Å². The first-order chi connectivity index (χ1) is 13.6. The third-order valence-corrected chi connectivity index (χ3v) is 4.22. The lowest BCUT2D eigenvalue weighted by Gasteiger charge is -2.26. The summed E-state index contributed by atoms with van der Waals surface area (Å²) in [4.78, 5) is 35.5. The van der Waals surface area contributed by atoms with Crippen LogP contribution in [0.25, 0.3) is 10.9 Å². The van der Waals surface area contributed by atoms with Crippen molar-refractivity contribution in [1.82, 2.24) is 9.88 Å². The molecule has 2 atom stereocenters. The molecule has 0 aliphatic rings. The lowest BCUT2D eigenvalue weighted by molar-refractivity contribution is -0.145. The van der Waals surface area contributed by atoms with Gasteiger partial charge in [0.25, 0.3) is 0 Å². The molecule has 0 fully saturated rings. The third-order valence-electron chi connectivity index (χ3n) is 4.22. The van der Waals surface area contributed by atoms with Gasteiger partial charge in [-0.15, -0.1) is 0 Å². The van der Waals surface area contributed by atoms with E-state index in [0.717, 1.165) is 10.9 Å². The molecule has 1 aromatic carbocycles. The molecule has 0 unspecified atom stereocenters. The Morgan fingerprint density at radius 2 is 1.97 bits per heavy atom. The number of alkyl carbamates (subject to hydrolysis) is 1. The Balaban J connectivity index is 2.28. The number of aliphatic hydroxyl groups is 1. The van der Waals surface area contributed by atoms with Crippen LogP contribution in [-0.2, 0) is 25.5 Å². The first kappa shape index (κ1) is 22.4. The molecule has 158 valence electrons. The van der Waals surface area contributed by atoms with E-state index in [9.17, 15) is 19.5 Å². The Morgan fingerprint density at radius 3 is 2.59 bits per heavy atom. The van der Waals surface area contributed by atoms with Gasteiger partial charge >= 0.3 is 12.1 Å². The monoisotopic (exact) mass is 404 g/mol. The quantitative estimate of drug-likeness (QED) is 0.517. The summed E-state index contributed by atoms with van der Waals surface area (Å²) in [6, 6.07) is 6.50. The number of amides is 1. The van der Waals surface area contributed by atoms with Crippen LogP contribution < -0.4 is 5.32 Å². The second-order valence-corrected chi connectivity index (χ2v) is 7.72. The fourth-order valence-electron chi connectivity index (χ4n) is 3.04. The highest BCUT2D eigenvalue weighted by Gasteiger charge is 2.28. The number of benzene rings is 1. The fourth-order valence-corrected chi connectivity index (χ4v) is 3.04. The van der Waals surface area contributed by atoms with Crippen LogP contribution in [0.5, 0.6) is 0 Å². The fraction of sp³-hybridized carbons (Fsp3) is 0.476. The van der Waals surface area contributed by atoms with Gasteiger partial charge in [-0.2, -0.15) is 0 Å². The predicted molar refractivity (Wildman–Crippen MR) is 108 cm³/mol. The molecule has 0 saturated heterocycles. The van der Waals surface area contributed by atoms with E-state index in [1.165, 1.54) is 4.57 Å². The summed E-state index contributed by atoms with van der Waals surface area (Å²) in [7, 11) is 0. The second-order valence-electron chi connectivity index (χ2n) is 7.72. The Hall–Kier alpha value is -2.87. The number of aliphatic hydroxyl groups excluding tert-OH is 1. The number of fused-ring (bicyclic) bond motifs is 1. The SMILES string of the molecule is CCOC(=O)C[C@@H](O)[C@@H](Cc1cn(C=O)c2ccccc12)NC(=O)OC(C)(C)C. The lowest BCUT2D eigenvalue weighted by Crippen LogP contribution is -2.47. The topological polar surface area (TPSA) is 107 Å². The van der Waals surface area contributed by atoms with Crippen molar-refractivity contribution in [3.05, 3.63) is 36.0 Å². The van der Waals surface area contributed by atoms with Crippen LogP contribution in [-0.4, -0.2) is 52.5 Å². The van der Waals surface area contributed by atoms with Crippen LogP contribution in [0.1, 0.15) is 39.7 Å². The number of hydrogen-bond acceptors (Lipinski definition) is 6. The maximum absolute atomic E-state index is 12.3. The van der Waals surface area contributed by atoms with Gasteiger partial charge in [0.05, 0.1) is 30.7 Å². The Labute approximate surface area is 169 Å².